The molecule has 0 saturated heterocycles. The van der Waals surface area contributed by atoms with Gasteiger partial charge < -0.3 is 5.32 Å². The molecule has 1 aromatic carbocycles. The molecule has 0 amide bonds. The minimum Gasteiger partial charge on any atom is -0.378 e. The molecule has 1 aromatic heterocycles. The van der Waals surface area contributed by atoms with Crippen molar-refractivity contribution in [2.24, 2.45) is 7.05 Å². The number of halogens is 2. The first-order valence-corrected chi connectivity index (χ1v) is 5.66. The van der Waals surface area contributed by atoms with Gasteiger partial charge in [-0.1, -0.05) is 0 Å². The summed E-state index contributed by atoms with van der Waals surface area (Å²) in [5.41, 5.74) is 2.42. The van der Waals surface area contributed by atoms with Gasteiger partial charge >= 0.3 is 0 Å². The average Bonchev–Trinajstić information content (AvgIpc) is 2.63. The molecule has 0 aliphatic rings. The molecule has 18 heavy (non-hydrogen) atoms. The Kier molecular flexibility index (Phi) is 3.32. The molecule has 0 spiro atoms. The van der Waals surface area contributed by atoms with Crippen LogP contribution < -0.4 is 5.32 Å². The molecule has 0 radical (unpaired) electrons. The van der Waals surface area contributed by atoms with E-state index in [0.29, 0.717) is 12.1 Å². The Morgan fingerprint density at radius 3 is 2.56 bits per heavy atom. The van der Waals surface area contributed by atoms with Gasteiger partial charge in [-0.05, 0) is 25.5 Å². The van der Waals surface area contributed by atoms with E-state index < -0.39 is 11.6 Å². The lowest BCUT2D eigenvalue weighted by atomic mass is 10.2. The minimum atomic E-state index is -0.449. The maximum absolute atomic E-state index is 13.6. The Balaban J connectivity index is 2.16. The fourth-order valence-corrected chi connectivity index (χ4v) is 1.69. The van der Waals surface area contributed by atoms with E-state index in [1.165, 1.54) is 19.1 Å². The second-order valence-electron chi connectivity index (χ2n) is 4.31. The largest absolute Gasteiger partial charge is 0.378 e. The van der Waals surface area contributed by atoms with Gasteiger partial charge in [0.05, 0.1) is 11.9 Å². The van der Waals surface area contributed by atoms with Crippen molar-refractivity contribution in [3.05, 3.63) is 46.8 Å². The van der Waals surface area contributed by atoms with Crippen LogP contribution in [-0.4, -0.2) is 9.78 Å². The molecule has 1 heterocycles. The van der Waals surface area contributed by atoms with E-state index in [9.17, 15) is 8.78 Å². The van der Waals surface area contributed by atoms with Crippen molar-refractivity contribution in [2.75, 3.05) is 5.32 Å². The van der Waals surface area contributed by atoms with E-state index in [1.807, 2.05) is 14.0 Å². The molecular formula is C13H15F2N3. The third-order valence-electron chi connectivity index (χ3n) is 3.05. The van der Waals surface area contributed by atoms with Crippen LogP contribution >= 0.6 is 0 Å². The third kappa shape index (κ3) is 2.34. The molecule has 2 rings (SSSR count). The summed E-state index contributed by atoms with van der Waals surface area (Å²) in [7, 11) is 1.84. The molecule has 5 heteroatoms. The number of hydrogen-bond acceptors (Lipinski definition) is 2. The topological polar surface area (TPSA) is 29.9 Å². The van der Waals surface area contributed by atoms with Crippen molar-refractivity contribution >= 4 is 5.69 Å². The number of aromatic nitrogens is 2. The van der Waals surface area contributed by atoms with Crippen LogP contribution in [0.1, 0.15) is 16.8 Å². The smallest absolute Gasteiger partial charge is 0.146 e. The Bertz CT molecular complexity index is 576. The van der Waals surface area contributed by atoms with E-state index in [2.05, 4.69) is 10.4 Å². The molecule has 0 atom stereocenters. The van der Waals surface area contributed by atoms with E-state index in [0.717, 1.165) is 11.3 Å². The van der Waals surface area contributed by atoms with Crippen LogP contribution in [0.2, 0.25) is 0 Å². The SMILES string of the molecule is Cc1cc(F)c(NCc2cnn(C)c2C)cc1F. The highest BCUT2D eigenvalue weighted by molar-refractivity contribution is 5.47. The summed E-state index contributed by atoms with van der Waals surface area (Å²) in [6.07, 6.45) is 1.71. The van der Waals surface area contributed by atoms with Crippen LogP contribution in [0.15, 0.2) is 18.3 Å². The van der Waals surface area contributed by atoms with Crippen molar-refractivity contribution < 1.29 is 8.78 Å². The predicted molar refractivity (Wildman–Crippen MR) is 66.4 cm³/mol. The number of rotatable bonds is 3. The Labute approximate surface area is 104 Å². The number of aryl methyl sites for hydroxylation is 2. The molecule has 3 nitrogen and oxygen atoms in total. The van der Waals surface area contributed by atoms with Crippen LogP contribution in [0.3, 0.4) is 0 Å². The van der Waals surface area contributed by atoms with Gasteiger partial charge in [-0.3, -0.25) is 4.68 Å². The fourth-order valence-electron chi connectivity index (χ4n) is 1.69. The van der Waals surface area contributed by atoms with Gasteiger partial charge in [0.2, 0.25) is 0 Å². The van der Waals surface area contributed by atoms with Gasteiger partial charge in [0, 0.05) is 30.9 Å². The van der Waals surface area contributed by atoms with E-state index in [1.54, 1.807) is 10.9 Å². The lowest BCUT2D eigenvalue weighted by Gasteiger charge is -2.08. The summed E-state index contributed by atoms with van der Waals surface area (Å²) >= 11 is 0. The van der Waals surface area contributed by atoms with Gasteiger partial charge in [0.15, 0.2) is 0 Å². The maximum atomic E-state index is 13.6. The molecule has 0 saturated carbocycles. The Morgan fingerprint density at radius 1 is 1.22 bits per heavy atom. The molecular weight excluding hydrogens is 236 g/mol. The zero-order chi connectivity index (χ0) is 13.3. The predicted octanol–water partition coefficient (Wildman–Crippen LogP) is 2.93. The molecule has 2 aromatic rings. The number of hydrogen-bond donors (Lipinski definition) is 1. The standard InChI is InChI=1S/C13H15F2N3/c1-8-4-12(15)13(5-11(8)14)16-6-10-7-17-18(3)9(10)2/h4-5,7,16H,6H2,1-3H3. The normalized spacial score (nSPS) is 10.7. The van der Waals surface area contributed by atoms with Crippen LogP contribution in [0.5, 0.6) is 0 Å². The van der Waals surface area contributed by atoms with Crippen LogP contribution in [0.25, 0.3) is 0 Å². The maximum Gasteiger partial charge on any atom is 0.146 e. The first-order chi connectivity index (χ1) is 8.49. The van der Waals surface area contributed by atoms with Crippen molar-refractivity contribution in [2.45, 2.75) is 20.4 Å². The lowest BCUT2D eigenvalue weighted by Crippen LogP contribution is -2.04. The quantitative estimate of drug-likeness (QED) is 0.909. The first-order valence-electron chi connectivity index (χ1n) is 5.66. The molecule has 0 aliphatic carbocycles. The highest BCUT2D eigenvalue weighted by Crippen LogP contribution is 2.20. The Morgan fingerprint density at radius 2 is 1.94 bits per heavy atom. The van der Waals surface area contributed by atoms with Crippen LogP contribution in [0, 0.1) is 25.5 Å². The van der Waals surface area contributed by atoms with Gasteiger partial charge in [-0.2, -0.15) is 5.10 Å². The second-order valence-corrected chi connectivity index (χ2v) is 4.31. The summed E-state index contributed by atoms with van der Waals surface area (Å²) in [5, 5.41) is 6.97. The summed E-state index contributed by atoms with van der Waals surface area (Å²) in [6.45, 7) is 3.88. The van der Waals surface area contributed by atoms with E-state index in [4.69, 9.17) is 0 Å². The summed E-state index contributed by atoms with van der Waals surface area (Å²) < 4.78 is 28.7. The van der Waals surface area contributed by atoms with E-state index >= 15 is 0 Å². The molecule has 1 N–H and O–H groups in total. The van der Waals surface area contributed by atoms with Crippen molar-refractivity contribution in [1.29, 1.82) is 0 Å². The van der Waals surface area contributed by atoms with Crippen molar-refractivity contribution in [3.8, 4) is 0 Å². The van der Waals surface area contributed by atoms with Crippen LogP contribution in [-0.2, 0) is 13.6 Å². The number of nitrogens with zero attached hydrogens (tertiary/aromatic N) is 2. The zero-order valence-electron chi connectivity index (χ0n) is 10.6. The average molecular weight is 251 g/mol. The van der Waals surface area contributed by atoms with Crippen molar-refractivity contribution in [3.63, 3.8) is 0 Å². The summed E-state index contributed by atoms with van der Waals surface area (Å²) in [6, 6.07) is 2.37. The lowest BCUT2D eigenvalue weighted by molar-refractivity contribution is 0.594. The summed E-state index contributed by atoms with van der Waals surface area (Å²) in [4.78, 5) is 0. The highest BCUT2D eigenvalue weighted by atomic mass is 19.1. The van der Waals surface area contributed by atoms with E-state index in [-0.39, 0.29) is 5.69 Å². The Hall–Kier alpha value is -1.91. The van der Waals surface area contributed by atoms with Crippen LogP contribution in [0.4, 0.5) is 14.5 Å². The third-order valence-corrected chi connectivity index (χ3v) is 3.05. The van der Waals surface area contributed by atoms with Gasteiger partial charge in [0.25, 0.3) is 0 Å². The van der Waals surface area contributed by atoms with Gasteiger partial charge in [-0.15, -0.1) is 0 Å². The highest BCUT2D eigenvalue weighted by Gasteiger charge is 2.08. The number of anilines is 1. The molecule has 0 bridgehead atoms. The summed E-state index contributed by atoms with van der Waals surface area (Å²) in [5.74, 6) is -0.864. The number of benzene rings is 1. The molecule has 0 unspecified atom stereocenters. The second kappa shape index (κ2) is 4.76. The fraction of sp³-hybridized carbons (Fsp3) is 0.308. The molecule has 0 aliphatic heterocycles. The van der Waals surface area contributed by atoms with Crippen molar-refractivity contribution in [1.82, 2.24) is 9.78 Å². The van der Waals surface area contributed by atoms with Gasteiger partial charge in [-0.25, -0.2) is 8.78 Å². The zero-order valence-corrected chi connectivity index (χ0v) is 10.6. The molecule has 0 fully saturated rings. The monoisotopic (exact) mass is 251 g/mol. The first kappa shape index (κ1) is 12.5. The minimum absolute atomic E-state index is 0.168. The van der Waals surface area contributed by atoms with Gasteiger partial charge in [0.1, 0.15) is 11.6 Å². The molecule has 96 valence electrons. The number of nitrogens with one attached hydrogen (secondary N) is 1.